The summed E-state index contributed by atoms with van der Waals surface area (Å²) in [7, 11) is 0. The standard InChI is InChI=1S/C22H26F2N4O2/c1-2-16-5-3-4-6-19(16)25-21(29)14-27-9-11-28(12-10-27)15-22(30)26-20-8-7-17(23)13-18(20)24/h3-8,13H,2,9-12,14-15H2,1H3,(H,25,29)(H,26,30)/p+2. The highest BCUT2D eigenvalue weighted by atomic mass is 19.1. The largest absolute Gasteiger partial charge is 0.321 e. The molecular weight excluding hydrogens is 390 g/mol. The maximum Gasteiger partial charge on any atom is 0.279 e. The van der Waals surface area contributed by atoms with E-state index in [2.05, 4.69) is 17.6 Å². The number of hydrogen-bond acceptors (Lipinski definition) is 2. The quantitative estimate of drug-likeness (QED) is 0.507. The molecule has 30 heavy (non-hydrogen) atoms. The second kappa shape index (κ2) is 10.3. The summed E-state index contributed by atoms with van der Waals surface area (Å²) in [6, 6.07) is 10.9. The van der Waals surface area contributed by atoms with Crippen LogP contribution in [-0.2, 0) is 16.0 Å². The Hall–Kier alpha value is -2.84. The van der Waals surface area contributed by atoms with Crippen LogP contribution in [0.15, 0.2) is 42.5 Å². The third-order valence-corrected chi connectivity index (χ3v) is 5.36. The average molecular weight is 418 g/mol. The van der Waals surface area contributed by atoms with E-state index in [-0.39, 0.29) is 24.0 Å². The van der Waals surface area contributed by atoms with Crippen molar-refractivity contribution in [2.75, 3.05) is 49.9 Å². The van der Waals surface area contributed by atoms with Gasteiger partial charge < -0.3 is 20.4 Å². The van der Waals surface area contributed by atoms with Crippen LogP contribution in [0.4, 0.5) is 20.2 Å². The summed E-state index contributed by atoms with van der Waals surface area (Å²) in [4.78, 5) is 26.8. The topological polar surface area (TPSA) is 67.1 Å². The molecule has 3 rings (SSSR count). The van der Waals surface area contributed by atoms with E-state index in [9.17, 15) is 18.4 Å². The van der Waals surface area contributed by atoms with Crippen molar-refractivity contribution >= 4 is 23.2 Å². The van der Waals surface area contributed by atoms with Gasteiger partial charge in [-0.15, -0.1) is 0 Å². The van der Waals surface area contributed by atoms with Crippen molar-refractivity contribution in [2.24, 2.45) is 0 Å². The zero-order valence-electron chi connectivity index (χ0n) is 17.1. The Kier molecular flexibility index (Phi) is 7.48. The highest BCUT2D eigenvalue weighted by molar-refractivity contribution is 5.92. The Morgan fingerprint density at radius 2 is 1.43 bits per heavy atom. The van der Waals surface area contributed by atoms with E-state index in [4.69, 9.17) is 0 Å². The fourth-order valence-corrected chi connectivity index (χ4v) is 3.69. The lowest BCUT2D eigenvalue weighted by atomic mass is 10.1. The van der Waals surface area contributed by atoms with Crippen molar-refractivity contribution < 1.29 is 28.2 Å². The number of amides is 2. The Bertz CT molecular complexity index is 898. The van der Waals surface area contributed by atoms with Gasteiger partial charge in [0, 0.05) is 11.8 Å². The normalized spacial score (nSPS) is 18.6. The lowest BCUT2D eigenvalue weighted by Gasteiger charge is -2.29. The molecule has 0 saturated carbocycles. The minimum Gasteiger partial charge on any atom is -0.321 e. The van der Waals surface area contributed by atoms with E-state index in [1.54, 1.807) is 0 Å². The van der Waals surface area contributed by atoms with Gasteiger partial charge in [-0.1, -0.05) is 25.1 Å². The van der Waals surface area contributed by atoms with Crippen LogP contribution in [0.3, 0.4) is 0 Å². The summed E-state index contributed by atoms with van der Waals surface area (Å²) in [5, 5.41) is 5.49. The number of carbonyl (C=O) groups excluding carboxylic acids is 2. The number of quaternary nitrogens is 2. The molecule has 2 amide bonds. The lowest BCUT2D eigenvalue weighted by molar-refractivity contribution is -1.00. The van der Waals surface area contributed by atoms with Crippen LogP contribution in [-0.4, -0.2) is 51.1 Å². The number of piperazine rings is 1. The summed E-state index contributed by atoms with van der Waals surface area (Å²) in [5.74, 6) is -1.80. The van der Waals surface area contributed by atoms with E-state index in [0.717, 1.165) is 60.9 Å². The maximum absolute atomic E-state index is 13.7. The molecule has 0 atom stereocenters. The van der Waals surface area contributed by atoms with E-state index >= 15 is 0 Å². The molecule has 6 nitrogen and oxygen atoms in total. The van der Waals surface area contributed by atoms with Gasteiger partial charge in [0.2, 0.25) is 0 Å². The molecule has 0 aromatic heterocycles. The first kappa shape index (κ1) is 21.9. The number of rotatable bonds is 7. The van der Waals surface area contributed by atoms with Crippen LogP contribution in [0, 0.1) is 11.6 Å². The molecule has 0 aliphatic carbocycles. The van der Waals surface area contributed by atoms with Crippen molar-refractivity contribution in [1.82, 2.24) is 0 Å². The van der Waals surface area contributed by atoms with Crippen LogP contribution >= 0.6 is 0 Å². The van der Waals surface area contributed by atoms with Gasteiger partial charge in [0.1, 0.15) is 37.8 Å². The molecule has 0 bridgehead atoms. The predicted molar refractivity (Wildman–Crippen MR) is 111 cm³/mol. The number of halogens is 2. The predicted octanol–water partition coefficient (Wildman–Crippen LogP) is -0.112. The third kappa shape index (κ3) is 6.08. The highest BCUT2D eigenvalue weighted by Gasteiger charge is 2.26. The lowest BCUT2D eigenvalue weighted by Crippen LogP contribution is -3.28. The Morgan fingerprint density at radius 1 is 0.867 bits per heavy atom. The third-order valence-electron chi connectivity index (χ3n) is 5.36. The zero-order valence-corrected chi connectivity index (χ0v) is 17.1. The Labute approximate surface area is 174 Å². The van der Waals surface area contributed by atoms with E-state index in [0.29, 0.717) is 6.54 Å². The van der Waals surface area contributed by atoms with Crippen LogP contribution < -0.4 is 20.4 Å². The first-order chi connectivity index (χ1) is 14.4. The van der Waals surface area contributed by atoms with Crippen LogP contribution in [0.5, 0.6) is 0 Å². The number of para-hydroxylation sites is 1. The second-order valence-corrected chi connectivity index (χ2v) is 7.58. The van der Waals surface area contributed by atoms with Gasteiger partial charge in [-0.25, -0.2) is 8.78 Å². The van der Waals surface area contributed by atoms with Gasteiger partial charge in [-0.2, -0.15) is 0 Å². The van der Waals surface area contributed by atoms with E-state index < -0.39 is 11.6 Å². The molecule has 1 saturated heterocycles. The molecule has 160 valence electrons. The van der Waals surface area contributed by atoms with Crippen LogP contribution in [0.1, 0.15) is 12.5 Å². The van der Waals surface area contributed by atoms with Crippen molar-refractivity contribution in [2.45, 2.75) is 13.3 Å². The molecule has 0 unspecified atom stereocenters. The van der Waals surface area contributed by atoms with E-state index in [1.807, 2.05) is 24.3 Å². The maximum atomic E-state index is 13.7. The van der Waals surface area contributed by atoms with Crippen LogP contribution in [0.25, 0.3) is 0 Å². The Morgan fingerprint density at radius 3 is 2.00 bits per heavy atom. The van der Waals surface area contributed by atoms with Gasteiger partial charge in [0.15, 0.2) is 13.1 Å². The van der Waals surface area contributed by atoms with Gasteiger partial charge in [-0.3, -0.25) is 9.59 Å². The molecule has 1 aliphatic heterocycles. The summed E-state index contributed by atoms with van der Waals surface area (Å²) in [6.07, 6.45) is 0.856. The molecular formula is C22H28F2N4O2+2. The number of benzene rings is 2. The fraction of sp³-hybridized carbons (Fsp3) is 0.364. The number of aryl methyl sites for hydroxylation is 1. The van der Waals surface area contributed by atoms with Gasteiger partial charge in [-0.05, 0) is 30.2 Å². The molecule has 1 heterocycles. The minimum absolute atomic E-state index is 0.0149. The highest BCUT2D eigenvalue weighted by Crippen LogP contribution is 2.15. The molecule has 8 heteroatoms. The second-order valence-electron chi connectivity index (χ2n) is 7.58. The first-order valence-corrected chi connectivity index (χ1v) is 10.2. The summed E-state index contributed by atoms with van der Waals surface area (Å²) < 4.78 is 26.6. The molecule has 0 radical (unpaired) electrons. The first-order valence-electron chi connectivity index (χ1n) is 10.2. The van der Waals surface area contributed by atoms with Crippen molar-refractivity contribution in [1.29, 1.82) is 0 Å². The average Bonchev–Trinajstić information content (AvgIpc) is 2.72. The van der Waals surface area contributed by atoms with Crippen molar-refractivity contribution in [3.05, 3.63) is 59.7 Å². The molecule has 2 aromatic rings. The molecule has 1 aliphatic rings. The van der Waals surface area contributed by atoms with Gasteiger partial charge in [0.05, 0.1) is 5.69 Å². The number of hydrogen-bond donors (Lipinski definition) is 4. The van der Waals surface area contributed by atoms with Gasteiger partial charge >= 0.3 is 0 Å². The van der Waals surface area contributed by atoms with Crippen molar-refractivity contribution in [3.63, 3.8) is 0 Å². The summed E-state index contributed by atoms with van der Waals surface area (Å²) in [6.45, 7) is 5.69. The fourth-order valence-electron chi connectivity index (χ4n) is 3.69. The molecule has 1 fully saturated rings. The SMILES string of the molecule is CCc1ccccc1NC(=O)C[NH+]1CC[NH+](CC(=O)Nc2ccc(F)cc2F)CC1. The molecule has 4 N–H and O–H groups in total. The number of nitrogens with one attached hydrogen (secondary N) is 4. The van der Waals surface area contributed by atoms with E-state index in [1.165, 1.54) is 11.0 Å². The Balaban J connectivity index is 1.42. The number of anilines is 2. The smallest absolute Gasteiger partial charge is 0.279 e. The van der Waals surface area contributed by atoms with Crippen LogP contribution in [0.2, 0.25) is 0 Å². The van der Waals surface area contributed by atoms with Crippen molar-refractivity contribution in [3.8, 4) is 0 Å². The monoisotopic (exact) mass is 418 g/mol. The summed E-state index contributed by atoms with van der Waals surface area (Å²) >= 11 is 0. The zero-order chi connectivity index (χ0) is 21.5. The number of carbonyl (C=O) groups is 2. The minimum atomic E-state index is -0.789. The summed E-state index contributed by atoms with van der Waals surface area (Å²) in [5.41, 5.74) is 1.95. The molecule has 2 aromatic carbocycles. The molecule has 0 spiro atoms. The van der Waals surface area contributed by atoms with Gasteiger partial charge in [0.25, 0.3) is 11.8 Å².